The third-order valence-electron chi connectivity index (χ3n) is 4.82. The minimum absolute atomic E-state index is 0.0165. The Morgan fingerprint density at radius 2 is 1.43 bits per heavy atom. The van der Waals surface area contributed by atoms with Crippen LogP contribution in [-0.4, -0.2) is 14.3 Å². The number of para-hydroxylation sites is 1. The molecule has 5 nitrogen and oxygen atoms in total. The van der Waals surface area contributed by atoms with Crippen LogP contribution in [0.2, 0.25) is 0 Å². The van der Waals surface area contributed by atoms with Crippen LogP contribution >= 0.6 is 0 Å². The van der Waals surface area contributed by atoms with Crippen molar-refractivity contribution in [1.82, 2.24) is 0 Å². The molecule has 156 valence electrons. The predicted octanol–water partition coefficient (Wildman–Crippen LogP) is 5.35. The van der Waals surface area contributed by atoms with Crippen molar-refractivity contribution < 1.29 is 13.2 Å². The normalized spacial score (nSPS) is 11.7. The summed E-state index contributed by atoms with van der Waals surface area (Å²) >= 11 is 0. The van der Waals surface area contributed by atoms with Gasteiger partial charge in [-0.1, -0.05) is 51.1 Å². The molecule has 3 aromatic carbocycles. The zero-order valence-electron chi connectivity index (χ0n) is 17.6. The Labute approximate surface area is 178 Å². The number of sulfonamides is 1. The first-order chi connectivity index (χ1) is 14.1. The van der Waals surface area contributed by atoms with E-state index in [1.54, 1.807) is 36.4 Å². The number of rotatable bonds is 5. The molecule has 0 radical (unpaired) electrons. The molecule has 0 aliphatic rings. The van der Waals surface area contributed by atoms with Crippen LogP contribution in [0.5, 0.6) is 0 Å². The number of hydrogen-bond acceptors (Lipinski definition) is 3. The molecule has 3 rings (SSSR count). The van der Waals surface area contributed by atoms with Crippen molar-refractivity contribution in [2.45, 2.75) is 38.0 Å². The summed E-state index contributed by atoms with van der Waals surface area (Å²) in [5, 5.41) is 2.80. The highest BCUT2D eigenvalue weighted by atomic mass is 32.2. The fraction of sp³-hybridized carbons (Fsp3) is 0.208. The fourth-order valence-electron chi connectivity index (χ4n) is 2.93. The lowest BCUT2D eigenvalue weighted by molar-refractivity contribution is 0.102. The van der Waals surface area contributed by atoms with E-state index in [4.69, 9.17) is 0 Å². The van der Waals surface area contributed by atoms with Gasteiger partial charge in [-0.15, -0.1) is 0 Å². The number of carbonyl (C=O) groups excluding carboxylic acids is 1. The van der Waals surface area contributed by atoms with Gasteiger partial charge in [0.15, 0.2) is 0 Å². The Hall–Kier alpha value is -3.12. The maximum Gasteiger partial charge on any atom is 0.261 e. The van der Waals surface area contributed by atoms with Crippen molar-refractivity contribution >= 4 is 27.3 Å². The summed E-state index contributed by atoms with van der Waals surface area (Å²) < 4.78 is 27.8. The number of nitrogens with one attached hydrogen (secondary N) is 2. The highest BCUT2D eigenvalue weighted by Crippen LogP contribution is 2.23. The van der Waals surface area contributed by atoms with E-state index in [-0.39, 0.29) is 16.2 Å². The third-order valence-corrected chi connectivity index (χ3v) is 6.21. The van der Waals surface area contributed by atoms with E-state index in [1.165, 1.54) is 12.1 Å². The molecule has 0 saturated carbocycles. The minimum atomic E-state index is -3.71. The first kappa shape index (κ1) is 21.6. The van der Waals surface area contributed by atoms with Crippen LogP contribution in [0.1, 0.15) is 42.3 Å². The van der Waals surface area contributed by atoms with E-state index in [2.05, 4.69) is 30.8 Å². The second kappa shape index (κ2) is 8.32. The van der Waals surface area contributed by atoms with Gasteiger partial charge >= 0.3 is 0 Å². The van der Waals surface area contributed by atoms with E-state index >= 15 is 0 Å². The maximum absolute atomic E-state index is 12.6. The lowest BCUT2D eigenvalue weighted by Gasteiger charge is -2.19. The quantitative estimate of drug-likeness (QED) is 0.582. The Balaban J connectivity index is 1.71. The lowest BCUT2D eigenvalue weighted by Crippen LogP contribution is -2.15. The van der Waals surface area contributed by atoms with E-state index in [9.17, 15) is 13.2 Å². The SMILES string of the molecule is Cc1ccccc1NS(=O)(=O)c1ccc(NC(=O)c2ccc(C(C)(C)C)cc2)cc1. The predicted molar refractivity (Wildman–Crippen MR) is 122 cm³/mol. The van der Waals surface area contributed by atoms with Crippen molar-refractivity contribution in [2.75, 3.05) is 10.0 Å². The van der Waals surface area contributed by atoms with Crippen LogP contribution in [0.3, 0.4) is 0 Å². The summed E-state index contributed by atoms with van der Waals surface area (Å²) in [5.74, 6) is -0.246. The van der Waals surface area contributed by atoms with Gasteiger partial charge in [0.25, 0.3) is 15.9 Å². The minimum Gasteiger partial charge on any atom is -0.322 e. The molecule has 3 aromatic rings. The summed E-state index contributed by atoms with van der Waals surface area (Å²) in [6.07, 6.45) is 0. The number of amides is 1. The number of carbonyl (C=O) groups is 1. The second-order valence-corrected chi connectivity index (χ2v) is 9.91. The van der Waals surface area contributed by atoms with Crippen LogP contribution in [-0.2, 0) is 15.4 Å². The molecule has 0 aliphatic carbocycles. The summed E-state index contributed by atoms with van der Waals surface area (Å²) in [6.45, 7) is 8.19. The Kier molecular flexibility index (Phi) is 5.99. The smallest absolute Gasteiger partial charge is 0.261 e. The molecule has 0 unspecified atom stereocenters. The number of aryl methyl sites for hydroxylation is 1. The molecule has 1 amide bonds. The average molecular weight is 423 g/mol. The molecule has 0 saturated heterocycles. The van der Waals surface area contributed by atoms with Gasteiger partial charge < -0.3 is 5.32 Å². The molecule has 30 heavy (non-hydrogen) atoms. The zero-order valence-corrected chi connectivity index (χ0v) is 18.4. The fourth-order valence-corrected chi connectivity index (χ4v) is 4.06. The average Bonchev–Trinajstić information content (AvgIpc) is 2.69. The third kappa shape index (κ3) is 5.07. The van der Waals surface area contributed by atoms with Crippen LogP contribution in [0.25, 0.3) is 0 Å². The monoisotopic (exact) mass is 422 g/mol. The van der Waals surface area contributed by atoms with Crippen molar-refractivity contribution in [3.63, 3.8) is 0 Å². The molecule has 0 bridgehead atoms. The molecule has 0 heterocycles. The molecule has 0 aromatic heterocycles. The van der Waals surface area contributed by atoms with Gasteiger partial charge in [0, 0.05) is 11.3 Å². The van der Waals surface area contributed by atoms with Gasteiger partial charge in [-0.25, -0.2) is 8.42 Å². The van der Waals surface area contributed by atoms with Gasteiger partial charge in [-0.3, -0.25) is 9.52 Å². The molecule has 0 fully saturated rings. The molecule has 0 spiro atoms. The standard InChI is InChI=1S/C24H26N2O3S/c1-17-7-5-6-8-22(17)26-30(28,29)21-15-13-20(14-16-21)25-23(27)18-9-11-19(12-10-18)24(2,3)4/h5-16,26H,1-4H3,(H,25,27). The van der Waals surface area contributed by atoms with E-state index in [0.717, 1.165) is 11.1 Å². The Bertz CT molecular complexity index is 1140. The van der Waals surface area contributed by atoms with Crippen molar-refractivity contribution in [3.8, 4) is 0 Å². The van der Waals surface area contributed by atoms with Crippen LogP contribution in [0.15, 0.2) is 77.7 Å². The summed E-state index contributed by atoms with van der Waals surface area (Å²) in [6, 6.07) is 20.8. The zero-order chi connectivity index (χ0) is 21.9. The van der Waals surface area contributed by atoms with Gasteiger partial charge in [-0.05, 0) is 65.9 Å². The van der Waals surface area contributed by atoms with E-state index in [0.29, 0.717) is 16.9 Å². The maximum atomic E-state index is 12.6. The lowest BCUT2D eigenvalue weighted by atomic mass is 9.87. The van der Waals surface area contributed by atoms with Crippen LogP contribution < -0.4 is 10.0 Å². The Morgan fingerprint density at radius 3 is 2.00 bits per heavy atom. The Morgan fingerprint density at radius 1 is 0.833 bits per heavy atom. The first-order valence-corrected chi connectivity index (χ1v) is 11.1. The van der Waals surface area contributed by atoms with Crippen molar-refractivity contribution in [1.29, 1.82) is 0 Å². The molecule has 0 aliphatic heterocycles. The van der Waals surface area contributed by atoms with Gasteiger partial charge in [0.05, 0.1) is 10.6 Å². The molecule has 2 N–H and O–H groups in total. The first-order valence-electron chi connectivity index (χ1n) is 9.67. The largest absolute Gasteiger partial charge is 0.322 e. The second-order valence-electron chi connectivity index (χ2n) is 8.23. The highest BCUT2D eigenvalue weighted by molar-refractivity contribution is 7.92. The number of benzene rings is 3. The summed E-state index contributed by atoms with van der Waals surface area (Å²) in [7, 11) is -3.71. The molecular formula is C24H26N2O3S. The highest BCUT2D eigenvalue weighted by Gasteiger charge is 2.16. The molecular weight excluding hydrogens is 396 g/mol. The van der Waals surface area contributed by atoms with E-state index in [1.807, 2.05) is 31.2 Å². The van der Waals surface area contributed by atoms with Gasteiger partial charge in [0.2, 0.25) is 0 Å². The summed E-state index contributed by atoms with van der Waals surface area (Å²) in [4.78, 5) is 12.6. The van der Waals surface area contributed by atoms with Crippen molar-refractivity contribution in [3.05, 3.63) is 89.5 Å². The van der Waals surface area contributed by atoms with Crippen LogP contribution in [0.4, 0.5) is 11.4 Å². The number of hydrogen-bond donors (Lipinski definition) is 2. The number of anilines is 2. The van der Waals surface area contributed by atoms with Crippen molar-refractivity contribution in [2.24, 2.45) is 0 Å². The topological polar surface area (TPSA) is 75.3 Å². The molecule has 6 heteroatoms. The van der Waals surface area contributed by atoms with E-state index < -0.39 is 10.0 Å². The summed E-state index contributed by atoms with van der Waals surface area (Å²) in [5.41, 5.74) is 3.60. The molecule has 0 atom stereocenters. The van der Waals surface area contributed by atoms with Gasteiger partial charge in [0.1, 0.15) is 0 Å². The van der Waals surface area contributed by atoms with Crippen LogP contribution in [0, 0.1) is 6.92 Å². The van der Waals surface area contributed by atoms with Gasteiger partial charge in [-0.2, -0.15) is 0 Å².